The van der Waals surface area contributed by atoms with Gasteiger partial charge in [-0.25, -0.2) is 4.79 Å². The zero-order chi connectivity index (χ0) is 20.9. The molecule has 1 N–H and O–H groups in total. The van der Waals surface area contributed by atoms with Gasteiger partial charge in [-0.1, -0.05) is 41.9 Å². The minimum Gasteiger partial charge on any atom is -0.447 e. The number of cyclic esters (lactones) is 1. The predicted molar refractivity (Wildman–Crippen MR) is 112 cm³/mol. The molecule has 0 aromatic heterocycles. The van der Waals surface area contributed by atoms with Gasteiger partial charge in [-0.3, -0.25) is 19.8 Å². The number of rotatable bonds is 3. The zero-order valence-electron chi connectivity index (χ0n) is 16.3. The number of anilines is 1. The largest absolute Gasteiger partial charge is 0.447 e. The molecular weight excluding hydrogens is 404 g/mol. The van der Waals surface area contributed by atoms with Gasteiger partial charge in [0, 0.05) is 17.7 Å². The molecule has 2 aromatic carbocycles. The van der Waals surface area contributed by atoms with E-state index >= 15 is 0 Å². The van der Waals surface area contributed by atoms with Crippen LogP contribution in [0.1, 0.15) is 43.6 Å². The van der Waals surface area contributed by atoms with Crippen molar-refractivity contribution in [3.63, 3.8) is 0 Å². The Morgan fingerprint density at radius 1 is 1.07 bits per heavy atom. The Hall–Kier alpha value is -2.86. The highest BCUT2D eigenvalue weighted by molar-refractivity contribution is 6.34. The van der Waals surface area contributed by atoms with E-state index in [1.807, 2.05) is 42.5 Å². The van der Waals surface area contributed by atoms with E-state index < -0.39 is 5.92 Å². The summed E-state index contributed by atoms with van der Waals surface area (Å²) in [5.74, 6) is -0.991. The molecule has 1 atom stereocenters. The topological polar surface area (TPSA) is 75.7 Å². The van der Waals surface area contributed by atoms with Crippen LogP contribution >= 0.6 is 11.6 Å². The van der Waals surface area contributed by atoms with Gasteiger partial charge in [0.2, 0.25) is 11.8 Å². The van der Waals surface area contributed by atoms with Crippen LogP contribution in [-0.4, -0.2) is 30.1 Å². The number of halogens is 1. The fraction of sp³-hybridized carbons (Fsp3) is 0.348. The van der Waals surface area contributed by atoms with Crippen molar-refractivity contribution in [2.24, 2.45) is 0 Å². The summed E-state index contributed by atoms with van der Waals surface area (Å²) in [6, 6.07) is 13.3. The Kier molecular flexibility index (Phi) is 4.54. The van der Waals surface area contributed by atoms with Crippen LogP contribution in [0.3, 0.4) is 0 Å². The lowest BCUT2D eigenvalue weighted by Gasteiger charge is -2.42. The first kappa shape index (κ1) is 19.1. The summed E-state index contributed by atoms with van der Waals surface area (Å²) >= 11 is 6.70. The van der Waals surface area contributed by atoms with E-state index in [0.717, 1.165) is 41.6 Å². The molecule has 1 saturated carbocycles. The van der Waals surface area contributed by atoms with E-state index in [4.69, 9.17) is 16.3 Å². The van der Waals surface area contributed by atoms with Crippen LogP contribution in [0.2, 0.25) is 5.02 Å². The van der Waals surface area contributed by atoms with Crippen molar-refractivity contribution < 1.29 is 19.1 Å². The van der Waals surface area contributed by atoms with Crippen LogP contribution in [0, 0.1) is 0 Å². The first-order valence-corrected chi connectivity index (χ1v) is 10.6. The molecular formula is C23H21ClN2O4. The van der Waals surface area contributed by atoms with Crippen molar-refractivity contribution >= 4 is 35.2 Å². The maximum absolute atomic E-state index is 12.3. The number of carbonyl (C=O) groups is 3. The average Bonchev–Trinajstić information content (AvgIpc) is 3.07. The molecule has 2 heterocycles. The number of imide groups is 1. The second-order valence-corrected chi connectivity index (χ2v) is 8.61. The van der Waals surface area contributed by atoms with E-state index in [9.17, 15) is 14.4 Å². The Balaban J connectivity index is 1.45. The summed E-state index contributed by atoms with van der Waals surface area (Å²) in [7, 11) is 0. The summed E-state index contributed by atoms with van der Waals surface area (Å²) in [6.45, 7) is 0.452. The molecule has 5 rings (SSSR count). The smallest absolute Gasteiger partial charge is 0.415 e. The summed E-state index contributed by atoms with van der Waals surface area (Å²) in [5.41, 5.74) is 3.06. The molecule has 3 fully saturated rings. The highest BCUT2D eigenvalue weighted by Gasteiger charge is 2.52. The van der Waals surface area contributed by atoms with E-state index in [0.29, 0.717) is 24.5 Å². The third-order valence-electron chi connectivity index (χ3n) is 6.49. The number of piperidine rings is 1. The van der Waals surface area contributed by atoms with Crippen molar-refractivity contribution in [2.75, 3.05) is 11.5 Å². The van der Waals surface area contributed by atoms with Gasteiger partial charge >= 0.3 is 6.09 Å². The maximum atomic E-state index is 12.3. The van der Waals surface area contributed by atoms with Crippen molar-refractivity contribution in [1.29, 1.82) is 0 Å². The minimum absolute atomic E-state index is 0.193. The Labute approximate surface area is 179 Å². The van der Waals surface area contributed by atoms with Crippen molar-refractivity contribution in [1.82, 2.24) is 5.32 Å². The van der Waals surface area contributed by atoms with E-state index in [-0.39, 0.29) is 23.4 Å². The quantitative estimate of drug-likeness (QED) is 0.740. The van der Waals surface area contributed by atoms with Gasteiger partial charge in [0.15, 0.2) is 0 Å². The van der Waals surface area contributed by atoms with Gasteiger partial charge < -0.3 is 4.74 Å². The highest BCUT2D eigenvalue weighted by Crippen LogP contribution is 2.45. The number of nitrogens with zero attached hydrogens (tertiary/aromatic N) is 1. The average molecular weight is 425 g/mol. The van der Waals surface area contributed by atoms with Crippen LogP contribution in [0.4, 0.5) is 10.5 Å². The number of benzene rings is 2. The Morgan fingerprint density at radius 3 is 2.50 bits per heavy atom. The van der Waals surface area contributed by atoms with Crippen LogP contribution in [0.15, 0.2) is 42.5 Å². The molecule has 0 bridgehead atoms. The zero-order valence-corrected chi connectivity index (χ0v) is 17.1. The van der Waals surface area contributed by atoms with E-state index in [1.54, 1.807) is 4.90 Å². The lowest BCUT2D eigenvalue weighted by molar-refractivity contribution is -0.134. The minimum atomic E-state index is -0.438. The number of amides is 3. The van der Waals surface area contributed by atoms with Gasteiger partial charge in [0.1, 0.15) is 6.61 Å². The molecule has 3 amide bonds. The third-order valence-corrected chi connectivity index (χ3v) is 6.91. The Bertz CT molecular complexity index is 1050. The van der Waals surface area contributed by atoms with Gasteiger partial charge in [-0.05, 0) is 48.9 Å². The summed E-state index contributed by atoms with van der Waals surface area (Å²) in [4.78, 5) is 37.8. The van der Waals surface area contributed by atoms with Crippen LogP contribution in [-0.2, 0) is 14.3 Å². The predicted octanol–water partition coefficient (Wildman–Crippen LogP) is 4.41. The molecule has 3 aliphatic rings. The molecule has 2 aromatic rings. The molecule has 2 saturated heterocycles. The molecule has 1 unspecified atom stereocenters. The van der Waals surface area contributed by atoms with Gasteiger partial charge in [0.25, 0.3) is 0 Å². The molecule has 2 aliphatic heterocycles. The van der Waals surface area contributed by atoms with E-state index in [1.165, 1.54) is 0 Å². The van der Waals surface area contributed by atoms with Gasteiger partial charge in [0.05, 0.1) is 16.5 Å². The Morgan fingerprint density at radius 2 is 1.83 bits per heavy atom. The first-order valence-electron chi connectivity index (χ1n) is 10.2. The van der Waals surface area contributed by atoms with Crippen LogP contribution in [0.5, 0.6) is 0 Å². The molecule has 0 radical (unpaired) electrons. The normalized spacial score (nSPS) is 22.6. The summed E-state index contributed by atoms with van der Waals surface area (Å²) in [6.07, 6.45) is 3.49. The second kappa shape index (κ2) is 7.13. The van der Waals surface area contributed by atoms with E-state index in [2.05, 4.69) is 5.32 Å². The molecule has 30 heavy (non-hydrogen) atoms. The molecule has 6 nitrogen and oxygen atoms in total. The van der Waals surface area contributed by atoms with Crippen molar-refractivity contribution in [2.45, 2.75) is 43.6 Å². The lowest BCUT2D eigenvalue weighted by atomic mass is 9.76. The van der Waals surface area contributed by atoms with Crippen LogP contribution < -0.4 is 10.2 Å². The number of carbonyl (C=O) groups excluding carboxylic acids is 3. The molecule has 1 aliphatic carbocycles. The van der Waals surface area contributed by atoms with Gasteiger partial charge in [-0.2, -0.15) is 0 Å². The SMILES string of the molecule is O=C1CCC(c2cccc(-c3ccc(N4C(=O)OCC45CCC5)cc3)c2Cl)C(=O)N1. The maximum Gasteiger partial charge on any atom is 0.415 e. The summed E-state index contributed by atoms with van der Waals surface area (Å²) < 4.78 is 5.32. The molecule has 154 valence electrons. The van der Waals surface area contributed by atoms with Crippen molar-refractivity contribution in [3.05, 3.63) is 53.1 Å². The van der Waals surface area contributed by atoms with Crippen molar-refractivity contribution in [3.8, 4) is 11.1 Å². The standard InChI is InChI=1S/C23H21ClN2O4/c24-20-16(3-1-4-17(20)18-9-10-19(27)25-21(18)28)14-5-7-15(8-6-14)26-22(29)30-13-23(26)11-2-12-23/h1,3-8,18H,2,9-13H2,(H,25,27,28). The lowest BCUT2D eigenvalue weighted by Crippen LogP contribution is -2.52. The second-order valence-electron chi connectivity index (χ2n) is 8.23. The molecule has 1 spiro atoms. The fourth-order valence-corrected chi connectivity index (χ4v) is 5.04. The fourth-order valence-electron chi connectivity index (χ4n) is 4.67. The number of hydrogen-bond acceptors (Lipinski definition) is 4. The van der Waals surface area contributed by atoms with Gasteiger partial charge in [-0.15, -0.1) is 0 Å². The number of hydrogen-bond donors (Lipinski definition) is 1. The van der Waals surface area contributed by atoms with Crippen LogP contribution in [0.25, 0.3) is 11.1 Å². The monoisotopic (exact) mass is 424 g/mol. The number of nitrogens with one attached hydrogen (secondary N) is 1. The molecule has 7 heteroatoms. The first-order chi connectivity index (χ1) is 14.5. The highest BCUT2D eigenvalue weighted by atomic mass is 35.5. The third kappa shape index (κ3) is 2.98. The summed E-state index contributed by atoms with van der Waals surface area (Å²) in [5, 5.41) is 2.90. The number of ether oxygens (including phenoxy) is 1.